The van der Waals surface area contributed by atoms with Crippen LogP contribution >= 0.6 is 23.6 Å². The van der Waals surface area contributed by atoms with E-state index >= 15 is 0 Å². The third-order valence-corrected chi connectivity index (χ3v) is 5.54. The van der Waals surface area contributed by atoms with E-state index < -0.39 is 0 Å². The minimum Gasteiger partial charge on any atom is -0.493 e. The molecule has 2 N–H and O–H groups in total. The van der Waals surface area contributed by atoms with Crippen LogP contribution < -0.4 is 20.1 Å². The van der Waals surface area contributed by atoms with Gasteiger partial charge in [-0.25, -0.2) is 0 Å². The summed E-state index contributed by atoms with van der Waals surface area (Å²) in [4.78, 5) is 13.3. The zero-order valence-corrected chi connectivity index (χ0v) is 18.5. The van der Waals surface area contributed by atoms with Gasteiger partial charge < -0.3 is 14.8 Å². The highest BCUT2D eigenvalue weighted by atomic mass is 32.1. The third kappa shape index (κ3) is 4.32. The molecule has 0 saturated heterocycles. The van der Waals surface area contributed by atoms with Crippen molar-refractivity contribution in [2.24, 2.45) is 0 Å². The fourth-order valence-electron chi connectivity index (χ4n) is 2.88. The summed E-state index contributed by atoms with van der Waals surface area (Å²) in [5, 5.41) is 19.3. The fraction of sp³-hybridized carbons (Fsp3) is 0.150. The molecule has 0 fully saturated rings. The van der Waals surface area contributed by atoms with E-state index in [4.69, 9.17) is 21.7 Å². The molecule has 0 bridgehead atoms. The summed E-state index contributed by atoms with van der Waals surface area (Å²) >= 11 is 6.74. The number of carbonyl (C=O) groups excluding carboxylic acids is 1. The lowest BCUT2D eigenvalue weighted by Gasteiger charge is -2.12. The maximum Gasteiger partial charge on any atom is 0.257 e. The van der Waals surface area contributed by atoms with Gasteiger partial charge >= 0.3 is 0 Å². The van der Waals surface area contributed by atoms with Crippen LogP contribution in [0.2, 0.25) is 0 Å². The Hall–Kier alpha value is -3.57. The zero-order chi connectivity index (χ0) is 22.0. The number of ether oxygens (including phenoxy) is 2. The minimum atomic E-state index is -0.362. The van der Waals surface area contributed by atoms with Gasteiger partial charge in [-0.15, -0.1) is 10.2 Å². The molecule has 0 spiro atoms. The van der Waals surface area contributed by atoms with Crippen molar-refractivity contribution in [3.05, 3.63) is 53.9 Å². The van der Waals surface area contributed by atoms with E-state index in [-0.39, 0.29) is 11.0 Å². The van der Waals surface area contributed by atoms with Crippen molar-refractivity contribution >= 4 is 45.2 Å². The number of hydrogen-bond acceptors (Lipinski definition) is 8. The Kier molecular flexibility index (Phi) is 5.78. The van der Waals surface area contributed by atoms with E-state index in [1.807, 2.05) is 31.2 Å². The summed E-state index contributed by atoms with van der Waals surface area (Å²) in [6, 6.07) is 12.5. The van der Waals surface area contributed by atoms with Crippen molar-refractivity contribution in [3.63, 3.8) is 0 Å². The first kappa shape index (κ1) is 20.7. The number of rotatable bonds is 5. The quantitative estimate of drug-likeness (QED) is 0.443. The van der Waals surface area contributed by atoms with Gasteiger partial charge in [-0.3, -0.25) is 10.1 Å². The highest BCUT2D eigenvalue weighted by molar-refractivity contribution is 7.80. The van der Waals surface area contributed by atoms with E-state index in [0.29, 0.717) is 17.1 Å². The van der Waals surface area contributed by atoms with Gasteiger partial charge in [0.05, 0.1) is 14.2 Å². The predicted molar refractivity (Wildman–Crippen MR) is 122 cm³/mol. The molecule has 0 unspecified atom stereocenters. The summed E-state index contributed by atoms with van der Waals surface area (Å²) in [5.41, 5.74) is 2.01. The molecule has 2 heterocycles. The molecule has 4 aromatic rings. The first-order valence-electron chi connectivity index (χ1n) is 9.12. The van der Waals surface area contributed by atoms with Gasteiger partial charge in [-0.05, 0) is 49.5 Å². The van der Waals surface area contributed by atoms with Gasteiger partial charge in [-0.1, -0.05) is 23.5 Å². The normalized spacial score (nSPS) is 10.7. The summed E-state index contributed by atoms with van der Waals surface area (Å²) in [6.45, 7) is 1.85. The van der Waals surface area contributed by atoms with Gasteiger partial charge in [-0.2, -0.15) is 9.61 Å². The van der Waals surface area contributed by atoms with Crippen LogP contribution in [0.5, 0.6) is 11.5 Å². The number of nitrogens with zero attached hydrogens (tertiary/aromatic N) is 4. The van der Waals surface area contributed by atoms with Gasteiger partial charge in [0.25, 0.3) is 5.91 Å². The number of benzene rings is 2. The summed E-state index contributed by atoms with van der Waals surface area (Å²) in [6.07, 6.45) is 0. The lowest BCUT2D eigenvalue weighted by Crippen LogP contribution is -2.34. The Morgan fingerprint density at radius 3 is 2.65 bits per heavy atom. The summed E-state index contributed by atoms with van der Waals surface area (Å²) < 4.78 is 12.1. The number of hydrogen-bond donors (Lipinski definition) is 2. The molecule has 0 atom stereocenters. The second kappa shape index (κ2) is 8.66. The molecule has 9 nitrogen and oxygen atoms in total. The topological polar surface area (TPSA) is 103 Å². The molecule has 1 amide bonds. The van der Waals surface area contributed by atoms with Crippen LogP contribution in [0.1, 0.15) is 16.2 Å². The van der Waals surface area contributed by atoms with Crippen molar-refractivity contribution in [3.8, 4) is 22.1 Å². The van der Waals surface area contributed by atoms with Crippen LogP contribution in [0.15, 0.2) is 42.5 Å². The van der Waals surface area contributed by atoms with Crippen molar-refractivity contribution in [1.82, 2.24) is 25.1 Å². The zero-order valence-electron chi connectivity index (χ0n) is 16.9. The average molecular weight is 455 g/mol. The molecular weight excluding hydrogens is 436 g/mol. The van der Waals surface area contributed by atoms with E-state index in [9.17, 15) is 4.79 Å². The first-order chi connectivity index (χ1) is 15.0. The predicted octanol–water partition coefficient (Wildman–Crippen LogP) is 3.31. The van der Waals surface area contributed by atoms with Crippen LogP contribution in [-0.2, 0) is 0 Å². The second-order valence-corrected chi connectivity index (χ2v) is 7.77. The Balaban J connectivity index is 1.46. The maximum absolute atomic E-state index is 12.5. The highest BCUT2D eigenvalue weighted by Gasteiger charge is 2.14. The molecule has 2 aromatic heterocycles. The van der Waals surface area contributed by atoms with Crippen LogP contribution in [0.3, 0.4) is 0 Å². The van der Waals surface area contributed by atoms with Gasteiger partial charge in [0.15, 0.2) is 22.4 Å². The largest absolute Gasteiger partial charge is 0.493 e. The number of amides is 1. The molecule has 4 rings (SSSR count). The molecule has 0 aliphatic carbocycles. The molecule has 11 heteroatoms. The van der Waals surface area contributed by atoms with Crippen molar-refractivity contribution in [2.75, 3.05) is 19.5 Å². The number of aryl methyl sites for hydroxylation is 1. The van der Waals surface area contributed by atoms with Crippen molar-refractivity contribution in [1.29, 1.82) is 0 Å². The number of thiocarbonyl (C=S) groups is 1. The molecule has 0 aliphatic rings. The third-order valence-electron chi connectivity index (χ3n) is 4.39. The van der Waals surface area contributed by atoms with Crippen molar-refractivity contribution < 1.29 is 14.3 Å². The van der Waals surface area contributed by atoms with E-state index in [1.54, 1.807) is 22.7 Å². The smallest absolute Gasteiger partial charge is 0.257 e. The average Bonchev–Trinajstić information content (AvgIpc) is 3.35. The lowest BCUT2D eigenvalue weighted by atomic mass is 10.2. The number of nitrogens with one attached hydrogen (secondary N) is 2. The number of fused-ring (bicyclic) bond motifs is 1. The molecule has 0 radical (unpaired) electrons. The van der Waals surface area contributed by atoms with Crippen LogP contribution in [0.4, 0.5) is 5.69 Å². The SMILES string of the molecule is COc1ccc(C(=O)NC(=S)Nc2cccc(-c3nn4c(C)nnc4s3)c2)cc1OC. The number of aromatic nitrogens is 4. The molecule has 0 saturated carbocycles. The Morgan fingerprint density at radius 2 is 1.90 bits per heavy atom. The lowest BCUT2D eigenvalue weighted by molar-refractivity contribution is 0.0977. The van der Waals surface area contributed by atoms with Crippen LogP contribution in [0.25, 0.3) is 15.5 Å². The monoisotopic (exact) mass is 454 g/mol. The Morgan fingerprint density at radius 1 is 1.10 bits per heavy atom. The molecule has 2 aromatic carbocycles. The van der Waals surface area contributed by atoms with Gasteiger partial charge in [0.2, 0.25) is 4.96 Å². The van der Waals surface area contributed by atoms with Crippen LogP contribution in [0, 0.1) is 6.92 Å². The van der Waals surface area contributed by atoms with E-state index in [2.05, 4.69) is 25.9 Å². The van der Waals surface area contributed by atoms with Gasteiger partial charge in [0, 0.05) is 16.8 Å². The molecule has 158 valence electrons. The molecule has 31 heavy (non-hydrogen) atoms. The number of anilines is 1. The standard InChI is InChI=1S/C20H18N6O3S2/c1-11-23-24-20-26(11)25-18(31-20)13-5-4-6-14(9-13)21-19(30)22-17(27)12-7-8-15(28-2)16(10-12)29-3/h4-10H,1-3H3,(H2,21,22,27,30). The first-order valence-corrected chi connectivity index (χ1v) is 10.3. The summed E-state index contributed by atoms with van der Waals surface area (Å²) in [7, 11) is 3.04. The van der Waals surface area contributed by atoms with E-state index in [1.165, 1.54) is 25.6 Å². The summed E-state index contributed by atoms with van der Waals surface area (Å²) in [5.74, 6) is 1.36. The van der Waals surface area contributed by atoms with Crippen LogP contribution in [-0.4, -0.2) is 45.1 Å². The molecular formula is C20H18N6O3S2. The highest BCUT2D eigenvalue weighted by Crippen LogP contribution is 2.28. The van der Waals surface area contributed by atoms with Gasteiger partial charge in [0.1, 0.15) is 5.01 Å². The fourth-order valence-corrected chi connectivity index (χ4v) is 3.97. The maximum atomic E-state index is 12.5. The number of carbonyl (C=O) groups is 1. The second-order valence-electron chi connectivity index (χ2n) is 6.41. The van der Waals surface area contributed by atoms with Crippen molar-refractivity contribution in [2.45, 2.75) is 6.92 Å². The minimum absolute atomic E-state index is 0.172. The Bertz CT molecular complexity index is 1280. The molecule has 0 aliphatic heterocycles. The van der Waals surface area contributed by atoms with E-state index in [0.717, 1.165) is 27.0 Å². The number of methoxy groups -OCH3 is 2. The Labute approximate surface area is 187 Å².